The zero-order valence-electron chi connectivity index (χ0n) is 16.5. The molecule has 1 fully saturated rings. The van der Waals surface area contributed by atoms with Gasteiger partial charge in [-0.2, -0.15) is 0 Å². The molecule has 0 aliphatic carbocycles. The molecule has 2 heterocycles. The van der Waals surface area contributed by atoms with Gasteiger partial charge in [0.05, 0.1) is 18.9 Å². The molecule has 2 aromatic rings. The summed E-state index contributed by atoms with van der Waals surface area (Å²) in [5, 5.41) is 0. The van der Waals surface area contributed by atoms with E-state index in [1.807, 2.05) is 44.2 Å². The van der Waals surface area contributed by atoms with Crippen LogP contribution in [0.25, 0.3) is 0 Å². The molecule has 1 aliphatic rings. The Morgan fingerprint density at radius 2 is 1.93 bits per heavy atom. The number of hydrogen-bond donors (Lipinski definition) is 0. The van der Waals surface area contributed by atoms with E-state index < -0.39 is 0 Å². The summed E-state index contributed by atoms with van der Waals surface area (Å²) in [7, 11) is 0. The molecule has 1 aliphatic heterocycles. The van der Waals surface area contributed by atoms with Crippen LogP contribution in [0.5, 0.6) is 0 Å². The summed E-state index contributed by atoms with van der Waals surface area (Å²) in [6.07, 6.45) is 3.59. The van der Waals surface area contributed by atoms with Gasteiger partial charge in [-0.3, -0.25) is 9.59 Å². The lowest BCUT2D eigenvalue weighted by Gasteiger charge is -2.31. The number of furan rings is 1. The van der Waals surface area contributed by atoms with Crippen molar-refractivity contribution < 1.29 is 18.7 Å². The molecule has 0 radical (unpaired) electrons. The van der Waals surface area contributed by atoms with Crippen molar-refractivity contribution in [1.29, 1.82) is 0 Å². The molecular weight excluding hydrogens is 356 g/mol. The highest BCUT2D eigenvalue weighted by Crippen LogP contribution is 2.17. The molecule has 0 bridgehead atoms. The third-order valence-electron chi connectivity index (χ3n) is 4.94. The maximum atomic E-state index is 13.1. The Morgan fingerprint density at radius 3 is 2.54 bits per heavy atom. The van der Waals surface area contributed by atoms with E-state index in [1.165, 1.54) is 0 Å². The summed E-state index contributed by atoms with van der Waals surface area (Å²) in [6, 6.07) is 12.6. The largest absolute Gasteiger partial charge is 0.467 e. The number of benzene rings is 1. The Morgan fingerprint density at radius 1 is 1.14 bits per heavy atom. The molecule has 28 heavy (non-hydrogen) atoms. The summed E-state index contributed by atoms with van der Waals surface area (Å²) in [6.45, 7) is 5.48. The molecule has 1 aromatic carbocycles. The first-order valence-corrected chi connectivity index (χ1v) is 9.82. The normalized spacial score (nSPS) is 16.3. The quantitative estimate of drug-likeness (QED) is 0.700. The van der Waals surface area contributed by atoms with Gasteiger partial charge in [0.2, 0.25) is 5.91 Å². The lowest BCUT2D eigenvalue weighted by atomic mass is 10.1. The monoisotopic (exact) mass is 384 g/mol. The zero-order chi connectivity index (χ0) is 19.9. The minimum absolute atomic E-state index is 0.0266. The highest BCUT2D eigenvalue weighted by molar-refractivity contribution is 5.96. The van der Waals surface area contributed by atoms with Crippen molar-refractivity contribution in [3.63, 3.8) is 0 Å². The topological polar surface area (TPSA) is 63.0 Å². The van der Waals surface area contributed by atoms with E-state index >= 15 is 0 Å². The molecular formula is C22H28N2O4. The standard InChI is InChI=1S/C22H28N2O4/c1-17(2)24(22(26)18-8-4-3-5-9-18)16-21(25)23(14-19-10-6-12-27-19)15-20-11-7-13-28-20/h3-6,8-10,12,17,20H,7,11,13-16H2,1-2H3. The summed E-state index contributed by atoms with van der Waals surface area (Å²) in [5.74, 6) is 0.473. The average Bonchev–Trinajstić information content (AvgIpc) is 3.39. The van der Waals surface area contributed by atoms with Crippen LogP contribution in [0.4, 0.5) is 0 Å². The van der Waals surface area contributed by atoms with Gasteiger partial charge in [0.15, 0.2) is 0 Å². The van der Waals surface area contributed by atoms with Crippen molar-refractivity contribution in [2.24, 2.45) is 0 Å². The first-order chi connectivity index (χ1) is 13.5. The van der Waals surface area contributed by atoms with Gasteiger partial charge in [-0.25, -0.2) is 0 Å². The molecule has 0 N–H and O–H groups in total. The highest BCUT2D eigenvalue weighted by Gasteiger charge is 2.27. The second kappa shape index (κ2) is 9.55. The maximum Gasteiger partial charge on any atom is 0.254 e. The number of hydrogen-bond acceptors (Lipinski definition) is 4. The van der Waals surface area contributed by atoms with Gasteiger partial charge < -0.3 is 19.0 Å². The fourth-order valence-corrected chi connectivity index (χ4v) is 3.36. The Bertz CT molecular complexity index is 752. The predicted molar refractivity (Wildman–Crippen MR) is 106 cm³/mol. The number of amides is 2. The number of rotatable bonds is 8. The van der Waals surface area contributed by atoms with Gasteiger partial charge in [0.25, 0.3) is 5.91 Å². The SMILES string of the molecule is CC(C)N(CC(=O)N(Cc1ccco1)CC1CCCO1)C(=O)c1ccccc1. The Balaban J connectivity index is 1.72. The average molecular weight is 384 g/mol. The van der Waals surface area contributed by atoms with E-state index in [1.54, 1.807) is 28.2 Å². The van der Waals surface area contributed by atoms with E-state index in [4.69, 9.17) is 9.15 Å². The van der Waals surface area contributed by atoms with Gasteiger partial charge in [-0.15, -0.1) is 0 Å². The predicted octanol–water partition coefficient (Wildman–Crippen LogP) is 3.34. The molecule has 6 heteroatoms. The smallest absolute Gasteiger partial charge is 0.254 e. The summed E-state index contributed by atoms with van der Waals surface area (Å²) >= 11 is 0. The molecule has 0 saturated carbocycles. The van der Waals surface area contributed by atoms with Gasteiger partial charge in [0, 0.05) is 24.8 Å². The van der Waals surface area contributed by atoms with Crippen LogP contribution in [0.2, 0.25) is 0 Å². The molecule has 6 nitrogen and oxygen atoms in total. The van der Waals surface area contributed by atoms with Crippen LogP contribution in [-0.2, 0) is 16.1 Å². The zero-order valence-corrected chi connectivity index (χ0v) is 16.5. The maximum absolute atomic E-state index is 13.1. The number of ether oxygens (including phenoxy) is 1. The molecule has 1 aromatic heterocycles. The molecule has 3 rings (SSSR count). The molecule has 1 atom stereocenters. The van der Waals surface area contributed by atoms with Gasteiger partial charge in [0.1, 0.15) is 12.3 Å². The van der Waals surface area contributed by atoms with E-state index in [-0.39, 0.29) is 30.5 Å². The second-order valence-electron chi connectivity index (χ2n) is 7.38. The van der Waals surface area contributed by atoms with Crippen LogP contribution in [-0.4, -0.2) is 53.5 Å². The van der Waals surface area contributed by atoms with Crippen molar-refractivity contribution in [3.05, 3.63) is 60.1 Å². The minimum atomic E-state index is -0.140. The minimum Gasteiger partial charge on any atom is -0.467 e. The Labute approximate surface area is 166 Å². The molecule has 1 saturated heterocycles. The number of carbonyl (C=O) groups excluding carboxylic acids is 2. The molecule has 0 spiro atoms. The molecule has 2 amide bonds. The van der Waals surface area contributed by atoms with Gasteiger partial charge in [-0.05, 0) is 51.0 Å². The Kier molecular flexibility index (Phi) is 6.87. The van der Waals surface area contributed by atoms with Crippen LogP contribution in [0.3, 0.4) is 0 Å². The van der Waals surface area contributed by atoms with Crippen molar-refractivity contribution in [2.75, 3.05) is 19.7 Å². The van der Waals surface area contributed by atoms with Gasteiger partial charge in [-0.1, -0.05) is 18.2 Å². The fraction of sp³-hybridized carbons (Fsp3) is 0.455. The lowest BCUT2D eigenvalue weighted by Crippen LogP contribution is -2.47. The Hall–Kier alpha value is -2.60. The van der Waals surface area contributed by atoms with E-state index in [2.05, 4.69) is 0 Å². The van der Waals surface area contributed by atoms with E-state index in [0.717, 1.165) is 25.2 Å². The van der Waals surface area contributed by atoms with Crippen molar-refractivity contribution in [2.45, 2.75) is 45.4 Å². The van der Waals surface area contributed by atoms with Crippen molar-refractivity contribution in [1.82, 2.24) is 9.80 Å². The summed E-state index contributed by atoms with van der Waals surface area (Å²) in [4.78, 5) is 29.4. The third kappa shape index (κ3) is 5.23. The van der Waals surface area contributed by atoms with E-state index in [0.29, 0.717) is 18.7 Å². The third-order valence-corrected chi connectivity index (χ3v) is 4.94. The summed E-state index contributed by atoms with van der Waals surface area (Å²) < 4.78 is 11.1. The van der Waals surface area contributed by atoms with Crippen LogP contribution in [0.15, 0.2) is 53.1 Å². The molecule has 150 valence electrons. The van der Waals surface area contributed by atoms with Crippen LogP contribution < -0.4 is 0 Å². The van der Waals surface area contributed by atoms with Crippen LogP contribution >= 0.6 is 0 Å². The fourth-order valence-electron chi connectivity index (χ4n) is 3.36. The lowest BCUT2D eigenvalue weighted by molar-refractivity contribution is -0.134. The molecule has 1 unspecified atom stereocenters. The van der Waals surface area contributed by atoms with Crippen molar-refractivity contribution in [3.8, 4) is 0 Å². The summed E-state index contributed by atoms with van der Waals surface area (Å²) in [5.41, 5.74) is 0.584. The van der Waals surface area contributed by atoms with Crippen LogP contribution in [0, 0.1) is 0 Å². The number of nitrogens with zero attached hydrogens (tertiary/aromatic N) is 2. The highest BCUT2D eigenvalue weighted by atomic mass is 16.5. The number of carbonyl (C=O) groups is 2. The second-order valence-corrected chi connectivity index (χ2v) is 7.38. The first kappa shape index (κ1) is 20.1. The van der Waals surface area contributed by atoms with E-state index in [9.17, 15) is 9.59 Å². The van der Waals surface area contributed by atoms with Crippen LogP contribution in [0.1, 0.15) is 42.8 Å². The van der Waals surface area contributed by atoms with Crippen molar-refractivity contribution >= 4 is 11.8 Å². The van der Waals surface area contributed by atoms with Gasteiger partial charge >= 0.3 is 0 Å². The first-order valence-electron chi connectivity index (χ1n) is 9.82.